The van der Waals surface area contributed by atoms with E-state index in [9.17, 15) is 9.90 Å². The number of ether oxygens (including phenoxy) is 1. The van der Waals surface area contributed by atoms with Crippen LogP contribution >= 0.6 is 0 Å². The van der Waals surface area contributed by atoms with Gasteiger partial charge in [-0.1, -0.05) is 6.07 Å². The van der Waals surface area contributed by atoms with E-state index >= 15 is 0 Å². The van der Waals surface area contributed by atoms with Crippen LogP contribution in [0.4, 0.5) is 0 Å². The van der Waals surface area contributed by atoms with Gasteiger partial charge in [-0.2, -0.15) is 0 Å². The van der Waals surface area contributed by atoms with Crippen molar-refractivity contribution in [2.45, 2.75) is 26.2 Å². The molecule has 2 heterocycles. The predicted molar refractivity (Wildman–Crippen MR) is 79.0 cm³/mol. The van der Waals surface area contributed by atoms with Crippen LogP contribution in [0.3, 0.4) is 0 Å². The van der Waals surface area contributed by atoms with E-state index in [1.807, 2.05) is 23.1 Å². The van der Waals surface area contributed by atoms with Crippen LogP contribution in [-0.4, -0.2) is 59.6 Å². The molecule has 1 aromatic carbocycles. The first-order valence-corrected chi connectivity index (χ1v) is 7.53. The Hall–Kier alpha value is -1.43. The molecule has 1 saturated heterocycles. The Morgan fingerprint density at radius 3 is 2.67 bits per heavy atom. The molecule has 0 aliphatic carbocycles. The molecule has 1 fully saturated rings. The number of aliphatic hydroxyl groups is 1. The number of fused-ring (bicyclic) bond motifs is 1. The average Bonchev–Trinajstić information content (AvgIpc) is 2.94. The van der Waals surface area contributed by atoms with Gasteiger partial charge >= 0.3 is 0 Å². The summed E-state index contributed by atoms with van der Waals surface area (Å²) in [6, 6.07) is 5.87. The van der Waals surface area contributed by atoms with Gasteiger partial charge in [0, 0.05) is 38.3 Å². The fourth-order valence-corrected chi connectivity index (χ4v) is 2.99. The Kier molecular flexibility index (Phi) is 4.24. The third-order valence-corrected chi connectivity index (χ3v) is 4.15. The van der Waals surface area contributed by atoms with E-state index in [2.05, 4.69) is 4.90 Å². The Bertz CT molecular complexity index is 522. The number of β-amino-alcohol motifs (C(OH)–C–C–N with tert-alkyl or cyclic N) is 1. The minimum Gasteiger partial charge on any atom is -0.392 e. The van der Waals surface area contributed by atoms with Crippen LogP contribution in [0.2, 0.25) is 0 Å². The summed E-state index contributed by atoms with van der Waals surface area (Å²) in [4.78, 5) is 16.6. The van der Waals surface area contributed by atoms with Crippen molar-refractivity contribution < 1.29 is 14.6 Å². The summed E-state index contributed by atoms with van der Waals surface area (Å²) in [5, 5.41) is 9.41. The molecule has 5 nitrogen and oxygen atoms in total. The number of piperazine rings is 1. The second-order valence-corrected chi connectivity index (χ2v) is 5.92. The molecule has 1 N–H and O–H groups in total. The lowest BCUT2D eigenvalue weighted by molar-refractivity contribution is 0.0554. The van der Waals surface area contributed by atoms with E-state index in [4.69, 9.17) is 4.74 Å². The van der Waals surface area contributed by atoms with Crippen molar-refractivity contribution in [1.82, 2.24) is 9.80 Å². The molecule has 0 bridgehead atoms. The molecule has 0 saturated carbocycles. The van der Waals surface area contributed by atoms with Crippen molar-refractivity contribution in [2.75, 3.05) is 32.7 Å². The lowest BCUT2D eigenvalue weighted by Crippen LogP contribution is -2.50. The third-order valence-electron chi connectivity index (χ3n) is 4.15. The molecular weight excluding hydrogens is 268 g/mol. The lowest BCUT2D eigenvalue weighted by atomic mass is 10.1. The number of hydrogen-bond donors (Lipinski definition) is 1. The van der Waals surface area contributed by atoms with Gasteiger partial charge in [0.05, 0.1) is 19.3 Å². The fourth-order valence-electron chi connectivity index (χ4n) is 2.99. The molecule has 21 heavy (non-hydrogen) atoms. The van der Waals surface area contributed by atoms with Crippen LogP contribution in [-0.2, 0) is 18.0 Å². The fraction of sp³-hybridized carbons (Fsp3) is 0.562. The van der Waals surface area contributed by atoms with Gasteiger partial charge in [-0.15, -0.1) is 0 Å². The summed E-state index contributed by atoms with van der Waals surface area (Å²) in [5.74, 6) is 0.0985. The quantitative estimate of drug-likeness (QED) is 0.897. The van der Waals surface area contributed by atoms with Crippen molar-refractivity contribution in [2.24, 2.45) is 0 Å². The molecule has 114 valence electrons. The van der Waals surface area contributed by atoms with Gasteiger partial charge in [-0.05, 0) is 30.2 Å². The molecule has 1 atom stereocenters. The van der Waals surface area contributed by atoms with E-state index in [1.165, 1.54) is 5.56 Å². The first-order chi connectivity index (χ1) is 10.1. The number of carbonyl (C=O) groups is 1. The monoisotopic (exact) mass is 290 g/mol. The molecule has 3 rings (SSSR count). The summed E-state index contributed by atoms with van der Waals surface area (Å²) >= 11 is 0. The van der Waals surface area contributed by atoms with Gasteiger partial charge in [-0.25, -0.2) is 0 Å². The highest BCUT2D eigenvalue weighted by Gasteiger charge is 2.23. The van der Waals surface area contributed by atoms with E-state index < -0.39 is 0 Å². The van der Waals surface area contributed by atoms with E-state index in [-0.39, 0.29) is 12.0 Å². The Balaban J connectivity index is 1.61. The largest absolute Gasteiger partial charge is 0.392 e. The van der Waals surface area contributed by atoms with Gasteiger partial charge < -0.3 is 14.7 Å². The van der Waals surface area contributed by atoms with E-state index in [1.54, 1.807) is 6.92 Å². The molecule has 2 aliphatic heterocycles. The number of carbonyl (C=O) groups excluding carboxylic acids is 1. The predicted octanol–water partition coefficient (Wildman–Crippen LogP) is 0.855. The van der Waals surface area contributed by atoms with Gasteiger partial charge in [0.25, 0.3) is 5.91 Å². The first kappa shape index (κ1) is 14.5. The van der Waals surface area contributed by atoms with Crippen LogP contribution in [0.1, 0.15) is 28.4 Å². The molecule has 0 spiro atoms. The zero-order valence-electron chi connectivity index (χ0n) is 12.4. The number of rotatable bonds is 3. The highest BCUT2D eigenvalue weighted by atomic mass is 16.5. The first-order valence-electron chi connectivity index (χ1n) is 7.53. The van der Waals surface area contributed by atoms with Gasteiger partial charge in [-0.3, -0.25) is 9.69 Å². The summed E-state index contributed by atoms with van der Waals surface area (Å²) in [7, 11) is 0. The molecule has 1 aromatic rings. The van der Waals surface area contributed by atoms with Gasteiger partial charge in [0.2, 0.25) is 0 Å². The third kappa shape index (κ3) is 3.26. The normalized spacial score (nSPS) is 20.4. The molecule has 2 aliphatic rings. The highest BCUT2D eigenvalue weighted by molar-refractivity contribution is 5.94. The SMILES string of the molecule is C[C@@H](O)CN1CCN(C(=O)c2ccc3c(c2)COC3)CC1. The number of amides is 1. The van der Waals surface area contributed by atoms with Crippen molar-refractivity contribution in [3.8, 4) is 0 Å². The van der Waals surface area contributed by atoms with Gasteiger partial charge in [0.1, 0.15) is 0 Å². The molecule has 0 radical (unpaired) electrons. The maximum Gasteiger partial charge on any atom is 0.253 e. The van der Waals surface area contributed by atoms with Crippen LogP contribution in [0, 0.1) is 0 Å². The molecule has 0 aromatic heterocycles. The minimum absolute atomic E-state index is 0.0985. The van der Waals surface area contributed by atoms with Gasteiger partial charge in [0.15, 0.2) is 0 Å². The molecule has 1 amide bonds. The van der Waals surface area contributed by atoms with E-state index in [0.29, 0.717) is 19.8 Å². The zero-order valence-corrected chi connectivity index (χ0v) is 12.4. The van der Waals surface area contributed by atoms with Crippen LogP contribution in [0.15, 0.2) is 18.2 Å². The molecule has 5 heteroatoms. The maximum atomic E-state index is 12.5. The summed E-state index contributed by atoms with van der Waals surface area (Å²) < 4.78 is 5.39. The number of aliphatic hydroxyl groups excluding tert-OH is 1. The van der Waals surface area contributed by atoms with Crippen molar-refractivity contribution in [1.29, 1.82) is 0 Å². The number of benzene rings is 1. The van der Waals surface area contributed by atoms with Crippen molar-refractivity contribution in [3.63, 3.8) is 0 Å². The second kappa shape index (κ2) is 6.13. The Morgan fingerprint density at radius 1 is 1.24 bits per heavy atom. The topological polar surface area (TPSA) is 53.0 Å². The summed E-state index contributed by atoms with van der Waals surface area (Å²) in [6.07, 6.45) is -0.316. The van der Waals surface area contributed by atoms with Crippen molar-refractivity contribution in [3.05, 3.63) is 34.9 Å². The zero-order chi connectivity index (χ0) is 14.8. The van der Waals surface area contributed by atoms with Crippen LogP contribution in [0.25, 0.3) is 0 Å². The highest BCUT2D eigenvalue weighted by Crippen LogP contribution is 2.21. The maximum absolute atomic E-state index is 12.5. The number of hydrogen-bond acceptors (Lipinski definition) is 4. The Morgan fingerprint density at radius 2 is 1.95 bits per heavy atom. The Labute approximate surface area is 125 Å². The lowest BCUT2D eigenvalue weighted by Gasteiger charge is -2.35. The van der Waals surface area contributed by atoms with Crippen LogP contribution in [0.5, 0.6) is 0 Å². The average molecular weight is 290 g/mol. The van der Waals surface area contributed by atoms with Crippen LogP contribution < -0.4 is 0 Å². The molecular formula is C16H22N2O3. The minimum atomic E-state index is -0.316. The molecule has 0 unspecified atom stereocenters. The number of nitrogens with zero attached hydrogens (tertiary/aromatic N) is 2. The second-order valence-electron chi connectivity index (χ2n) is 5.92. The smallest absolute Gasteiger partial charge is 0.253 e. The van der Waals surface area contributed by atoms with Crippen molar-refractivity contribution >= 4 is 5.91 Å². The summed E-state index contributed by atoms with van der Waals surface area (Å²) in [5.41, 5.74) is 3.07. The summed E-state index contributed by atoms with van der Waals surface area (Å²) in [6.45, 7) is 6.83. The van der Waals surface area contributed by atoms with E-state index in [0.717, 1.165) is 37.3 Å². The standard InChI is InChI=1S/C16H22N2O3/c1-12(19)9-17-4-6-18(7-5-17)16(20)13-2-3-14-10-21-11-15(14)8-13/h2-3,8,12,19H,4-7,9-11H2,1H3/t12-/m1/s1.